The van der Waals surface area contributed by atoms with E-state index >= 15 is 0 Å². The summed E-state index contributed by atoms with van der Waals surface area (Å²) in [5.74, 6) is 1.50. The van der Waals surface area contributed by atoms with Crippen molar-refractivity contribution in [2.75, 3.05) is 0 Å². The number of hydrogen-bond donors (Lipinski definition) is 1. The van der Waals surface area contributed by atoms with Crippen molar-refractivity contribution in [1.29, 1.82) is 0 Å². The molecule has 26 heavy (non-hydrogen) atoms. The Bertz CT molecular complexity index is 773. The first kappa shape index (κ1) is 17.3. The van der Waals surface area contributed by atoms with E-state index in [0.29, 0.717) is 18.5 Å². The van der Waals surface area contributed by atoms with Crippen LogP contribution < -0.4 is 5.32 Å². The summed E-state index contributed by atoms with van der Waals surface area (Å²) in [5, 5.41) is 3.86. The van der Waals surface area contributed by atoms with Gasteiger partial charge < -0.3 is 4.90 Å². The number of amides is 1. The summed E-state index contributed by atoms with van der Waals surface area (Å²) in [5.41, 5.74) is 3.14. The Balaban J connectivity index is 1.62. The third kappa shape index (κ3) is 3.16. The van der Waals surface area contributed by atoms with Crippen LogP contribution in [0.2, 0.25) is 0 Å². The maximum Gasteiger partial charge on any atom is 0.256 e. The van der Waals surface area contributed by atoms with Gasteiger partial charge in [0.2, 0.25) is 0 Å². The van der Waals surface area contributed by atoms with Crippen LogP contribution in [0, 0.1) is 11.8 Å². The van der Waals surface area contributed by atoms with E-state index in [1.54, 1.807) is 0 Å². The molecule has 2 aromatic rings. The lowest BCUT2D eigenvalue weighted by molar-refractivity contribution is 0.0623. The number of nitrogens with one attached hydrogen (secondary N) is 1. The molecule has 0 saturated heterocycles. The Morgan fingerprint density at radius 2 is 1.73 bits per heavy atom. The number of benzene rings is 2. The first-order chi connectivity index (χ1) is 12.6. The lowest BCUT2D eigenvalue weighted by atomic mass is 9.78. The number of hydrogen-bond acceptors (Lipinski definition) is 2. The van der Waals surface area contributed by atoms with Gasteiger partial charge >= 0.3 is 0 Å². The molecule has 0 radical (unpaired) electrons. The van der Waals surface area contributed by atoms with Crippen molar-refractivity contribution in [3.63, 3.8) is 0 Å². The van der Waals surface area contributed by atoms with Crippen LogP contribution in [0.4, 0.5) is 0 Å². The lowest BCUT2D eigenvalue weighted by Gasteiger charge is -2.38. The number of carbonyl (C=O) groups is 1. The van der Waals surface area contributed by atoms with Crippen LogP contribution >= 0.6 is 0 Å². The highest BCUT2D eigenvalue weighted by atomic mass is 16.2. The van der Waals surface area contributed by atoms with Crippen molar-refractivity contribution in [2.24, 2.45) is 11.8 Å². The van der Waals surface area contributed by atoms with E-state index in [2.05, 4.69) is 37.4 Å². The highest BCUT2D eigenvalue weighted by Crippen LogP contribution is 2.36. The van der Waals surface area contributed by atoms with E-state index in [-0.39, 0.29) is 12.1 Å². The highest BCUT2D eigenvalue weighted by Gasteiger charge is 2.39. The van der Waals surface area contributed by atoms with E-state index in [9.17, 15) is 4.79 Å². The average Bonchev–Trinajstić information content (AvgIpc) is 2.92. The van der Waals surface area contributed by atoms with Crippen LogP contribution in [0.1, 0.15) is 60.8 Å². The Morgan fingerprint density at radius 1 is 1.00 bits per heavy atom. The van der Waals surface area contributed by atoms with Crippen LogP contribution in [0.25, 0.3) is 0 Å². The van der Waals surface area contributed by atoms with Crippen molar-refractivity contribution in [3.8, 4) is 0 Å². The lowest BCUT2D eigenvalue weighted by Crippen LogP contribution is -2.46. The van der Waals surface area contributed by atoms with E-state index in [1.165, 1.54) is 24.8 Å². The molecule has 3 heteroatoms. The number of nitrogens with zero attached hydrogens (tertiary/aromatic N) is 1. The van der Waals surface area contributed by atoms with E-state index < -0.39 is 0 Å². The van der Waals surface area contributed by atoms with Crippen LogP contribution in [0.15, 0.2) is 54.6 Å². The maximum atomic E-state index is 13.1. The zero-order valence-electron chi connectivity index (χ0n) is 15.7. The zero-order chi connectivity index (χ0) is 18.1. The van der Waals surface area contributed by atoms with E-state index in [4.69, 9.17) is 0 Å². The zero-order valence-corrected chi connectivity index (χ0v) is 15.7. The Kier molecular flexibility index (Phi) is 4.82. The van der Waals surface area contributed by atoms with Gasteiger partial charge in [-0.05, 0) is 29.9 Å². The SMILES string of the molecule is C[C@H]1[C@H](C)CCC[C@@H]1N[C@@H]1c2ccccc2C(=O)N1Cc1ccccc1. The molecular weight excluding hydrogens is 320 g/mol. The second-order valence-corrected chi connectivity index (χ2v) is 7.95. The van der Waals surface area contributed by atoms with Gasteiger partial charge in [0.05, 0.1) is 0 Å². The molecule has 1 saturated carbocycles. The van der Waals surface area contributed by atoms with Gasteiger partial charge in [-0.3, -0.25) is 10.1 Å². The predicted molar refractivity (Wildman–Crippen MR) is 105 cm³/mol. The summed E-state index contributed by atoms with van der Waals surface area (Å²) < 4.78 is 0. The molecular formula is C23H28N2O. The molecule has 0 unspecified atom stereocenters. The minimum Gasteiger partial charge on any atom is -0.315 e. The Morgan fingerprint density at radius 3 is 2.54 bits per heavy atom. The van der Waals surface area contributed by atoms with Gasteiger partial charge in [0, 0.05) is 23.7 Å². The number of rotatable bonds is 4. The molecule has 0 bridgehead atoms. The minimum atomic E-state index is -0.0309. The monoisotopic (exact) mass is 348 g/mol. The smallest absolute Gasteiger partial charge is 0.256 e. The molecule has 1 fully saturated rings. The highest BCUT2D eigenvalue weighted by molar-refractivity contribution is 5.99. The van der Waals surface area contributed by atoms with Gasteiger partial charge in [0.1, 0.15) is 6.17 Å². The van der Waals surface area contributed by atoms with Gasteiger partial charge in [-0.15, -0.1) is 0 Å². The summed E-state index contributed by atoms with van der Waals surface area (Å²) in [6, 6.07) is 18.8. The average molecular weight is 348 g/mol. The predicted octanol–water partition coefficient (Wildman–Crippen LogP) is 4.76. The molecule has 1 N–H and O–H groups in total. The molecule has 0 aromatic heterocycles. The first-order valence-corrected chi connectivity index (χ1v) is 9.85. The fourth-order valence-corrected chi connectivity index (χ4v) is 4.51. The van der Waals surface area contributed by atoms with Crippen molar-refractivity contribution in [1.82, 2.24) is 10.2 Å². The Labute approximate surface area is 156 Å². The summed E-state index contributed by atoms with van der Waals surface area (Å²) in [6.45, 7) is 5.35. The summed E-state index contributed by atoms with van der Waals surface area (Å²) in [4.78, 5) is 15.1. The molecule has 2 aliphatic rings. The maximum absolute atomic E-state index is 13.1. The Hall–Kier alpha value is -2.13. The second-order valence-electron chi connectivity index (χ2n) is 7.95. The summed E-state index contributed by atoms with van der Waals surface area (Å²) in [6.07, 6.45) is 3.74. The third-order valence-corrected chi connectivity index (χ3v) is 6.33. The van der Waals surface area contributed by atoms with Gasteiger partial charge in [0.15, 0.2) is 0 Å². The quantitative estimate of drug-likeness (QED) is 0.864. The molecule has 1 aliphatic carbocycles. The molecule has 4 rings (SSSR count). The fraction of sp³-hybridized carbons (Fsp3) is 0.435. The molecule has 2 aromatic carbocycles. The minimum absolute atomic E-state index is 0.0309. The van der Waals surface area contributed by atoms with Crippen molar-refractivity contribution < 1.29 is 4.79 Å². The fourth-order valence-electron chi connectivity index (χ4n) is 4.51. The topological polar surface area (TPSA) is 32.3 Å². The standard InChI is InChI=1S/C23H28N2O/c1-16-9-8-14-21(17(16)2)24-22-19-12-6-7-13-20(19)23(26)25(22)15-18-10-4-3-5-11-18/h3-7,10-13,16-17,21-22,24H,8-9,14-15H2,1-2H3/t16-,17+,21+,22+/m1/s1. The first-order valence-electron chi connectivity index (χ1n) is 9.85. The largest absolute Gasteiger partial charge is 0.315 e. The molecule has 3 nitrogen and oxygen atoms in total. The number of fused-ring (bicyclic) bond motifs is 1. The number of carbonyl (C=O) groups excluding carboxylic acids is 1. The van der Waals surface area contributed by atoms with Crippen LogP contribution in [0.3, 0.4) is 0 Å². The molecule has 1 aliphatic heterocycles. The van der Waals surface area contributed by atoms with Crippen molar-refractivity contribution >= 4 is 5.91 Å². The third-order valence-electron chi connectivity index (χ3n) is 6.33. The second kappa shape index (κ2) is 7.24. The van der Waals surface area contributed by atoms with E-state index in [1.807, 2.05) is 41.3 Å². The molecule has 136 valence electrons. The van der Waals surface area contributed by atoms with Gasteiger partial charge in [0.25, 0.3) is 5.91 Å². The van der Waals surface area contributed by atoms with E-state index in [0.717, 1.165) is 17.0 Å². The van der Waals surface area contributed by atoms with Crippen LogP contribution in [0.5, 0.6) is 0 Å². The normalized spacial score (nSPS) is 28.2. The van der Waals surface area contributed by atoms with Crippen molar-refractivity contribution in [3.05, 3.63) is 71.3 Å². The van der Waals surface area contributed by atoms with Gasteiger partial charge in [-0.25, -0.2) is 0 Å². The molecule has 4 atom stereocenters. The molecule has 1 heterocycles. The summed E-state index contributed by atoms with van der Waals surface area (Å²) in [7, 11) is 0. The summed E-state index contributed by atoms with van der Waals surface area (Å²) >= 11 is 0. The van der Waals surface area contributed by atoms with Gasteiger partial charge in [-0.2, -0.15) is 0 Å². The molecule has 0 spiro atoms. The van der Waals surface area contributed by atoms with Gasteiger partial charge in [-0.1, -0.05) is 75.2 Å². The molecule has 1 amide bonds. The van der Waals surface area contributed by atoms with Crippen LogP contribution in [-0.4, -0.2) is 16.8 Å². The van der Waals surface area contributed by atoms with Crippen molar-refractivity contribution in [2.45, 2.75) is 51.9 Å². The van der Waals surface area contributed by atoms with Crippen LogP contribution in [-0.2, 0) is 6.54 Å².